The summed E-state index contributed by atoms with van der Waals surface area (Å²) in [6, 6.07) is 1.63. The third-order valence-electron chi connectivity index (χ3n) is 1.58. The molecule has 0 unspecified atom stereocenters. The molecule has 0 saturated carbocycles. The first-order chi connectivity index (χ1) is 5.66. The molecule has 1 aromatic heterocycles. The smallest absolute Gasteiger partial charge is 0.354 e. The molecule has 0 bridgehead atoms. The third kappa shape index (κ3) is 2.32. The topological polar surface area (TPSA) is 59.4 Å². The molecule has 0 radical (unpaired) electrons. The highest BCUT2D eigenvalue weighted by Crippen LogP contribution is 2.18. The lowest BCUT2D eigenvalue weighted by Gasteiger charge is -2.04. The first-order valence-corrected chi connectivity index (χ1v) is 3.39. The van der Waals surface area contributed by atoms with Gasteiger partial charge in [-0.25, -0.2) is 9.78 Å². The standard InChI is InChI=1S/C8H9NO3.ClH/c1-5-6(12-2)3-4-9-7(5)8(10)11;/h3-4H,1-2H3,(H,10,11);1H. The lowest BCUT2D eigenvalue weighted by atomic mass is 10.2. The minimum absolute atomic E-state index is 0. The van der Waals surface area contributed by atoms with E-state index < -0.39 is 5.97 Å². The Hall–Kier alpha value is -1.29. The van der Waals surface area contributed by atoms with Crippen LogP contribution >= 0.6 is 12.4 Å². The number of aromatic nitrogens is 1. The maximum absolute atomic E-state index is 10.6. The van der Waals surface area contributed by atoms with Crippen LogP contribution in [0.15, 0.2) is 12.3 Å². The number of aromatic carboxylic acids is 1. The van der Waals surface area contributed by atoms with E-state index in [4.69, 9.17) is 9.84 Å². The van der Waals surface area contributed by atoms with E-state index in [9.17, 15) is 4.79 Å². The molecule has 72 valence electrons. The fraction of sp³-hybridized carbons (Fsp3) is 0.250. The molecule has 0 aromatic carbocycles. The van der Waals surface area contributed by atoms with Gasteiger partial charge in [0.15, 0.2) is 5.69 Å². The summed E-state index contributed by atoms with van der Waals surface area (Å²) in [5.41, 5.74) is 0.585. The van der Waals surface area contributed by atoms with Gasteiger partial charge in [-0.05, 0) is 13.0 Å². The number of ether oxygens (including phenoxy) is 1. The van der Waals surface area contributed by atoms with Crippen LogP contribution in [0.3, 0.4) is 0 Å². The van der Waals surface area contributed by atoms with E-state index >= 15 is 0 Å². The minimum atomic E-state index is -1.04. The maximum atomic E-state index is 10.6. The van der Waals surface area contributed by atoms with Crippen molar-refractivity contribution >= 4 is 18.4 Å². The van der Waals surface area contributed by atoms with Crippen molar-refractivity contribution in [2.24, 2.45) is 0 Å². The molecule has 1 heterocycles. The summed E-state index contributed by atoms with van der Waals surface area (Å²) in [5, 5.41) is 8.67. The highest BCUT2D eigenvalue weighted by molar-refractivity contribution is 5.87. The van der Waals surface area contributed by atoms with Gasteiger partial charge in [-0.2, -0.15) is 0 Å². The Balaban J connectivity index is 0.00000144. The van der Waals surface area contributed by atoms with Crippen molar-refractivity contribution in [1.82, 2.24) is 4.98 Å². The number of pyridine rings is 1. The lowest BCUT2D eigenvalue weighted by molar-refractivity contribution is 0.0689. The van der Waals surface area contributed by atoms with Crippen LogP contribution in [0.25, 0.3) is 0 Å². The van der Waals surface area contributed by atoms with Gasteiger partial charge in [0.25, 0.3) is 0 Å². The minimum Gasteiger partial charge on any atom is -0.496 e. The van der Waals surface area contributed by atoms with E-state index in [1.807, 2.05) is 0 Å². The number of hydrogen-bond acceptors (Lipinski definition) is 3. The Labute approximate surface area is 82.0 Å². The largest absolute Gasteiger partial charge is 0.496 e. The van der Waals surface area contributed by atoms with Crippen LogP contribution in [0.5, 0.6) is 5.75 Å². The van der Waals surface area contributed by atoms with Crippen LogP contribution in [-0.4, -0.2) is 23.2 Å². The second-order valence-corrected chi connectivity index (χ2v) is 2.29. The van der Waals surface area contributed by atoms with Gasteiger partial charge in [0.05, 0.1) is 7.11 Å². The first kappa shape index (κ1) is 11.7. The van der Waals surface area contributed by atoms with E-state index in [-0.39, 0.29) is 18.1 Å². The summed E-state index contributed by atoms with van der Waals surface area (Å²) in [6.45, 7) is 1.66. The number of hydrogen-bond donors (Lipinski definition) is 1. The van der Waals surface area contributed by atoms with E-state index in [2.05, 4.69) is 4.98 Å². The van der Waals surface area contributed by atoms with Crippen molar-refractivity contribution in [3.05, 3.63) is 23.5 Å². The predicted molar refractivity (Wildman–Crippen MR) is 49.7 cm³/mol. The Morgan fingerprint density at radius 1 is 1.62 bits per heavy atom. The predicted octanol–water partition coefficient (Wildman–Crippen LogP) is 1.52. The molecule has 0 saturated heterocycles. The first-order valence-electron chi connectivity index (χ1n) is 3.39. The zero-order valence-electron chi connectivity index (χ0n) is 7.27. The van der Waals surface area contributed by atoms with E-state index in [0.717, 1.165) is 0 Å². The molecule has 0 aliphatic rings. The summed E-state index contributed by atoms with van der Waals surface area (Å²) in [6.07, 6.45) is 1.41. The number of carboxylic acid groups (broad SMARTS) is 1. The van der Waals surface area contributed by atoms with Crippen LogP contribution in [0.1, 0.15) is 16.1 Å². The van der Waals surface area contributed by atoms with Gasteiger partial charge in [-0.3, -0.25) is 0 Å². The summed E-state index contributed by atoms with van der Waals surface area (Å²) < 4.78 is 4.93. The molecular formula is C8H10ClNO3. The summed E-state index contributed by atoms with van der Waals surface area (Å²) >= 11 is 0. The quantitative estimate of drug-likeness (QED) is 0.792. The highest BCUT2D eigenvalue weighted by atomic mass is 35.5. The van der Waals surface area contributed by atoms with Crippen molar-refractivity contribution in [2.45, 2.75) is 6.92 Å². The fourth-order valence-electron chi connectivity index (χ4n) is 0.955. The lowest BCUT2D eigenvalue weighted by Crippen LogP contribution is -2.04. The summed E-state index contributed by atoms with van der Waals surface area (Å²) in [7, 11) is 1.49. The van der Waals surface area contributed by atoms with E-state index in [0.29, 0.717) is 11.3 Å². The van der Waals surface area contributed by atoms with Crippen LogP contribution in [0.2, 0.25) is 0 Å². The monoisotopic (exact) mass is 203 g/mol. The molecular weight excluding hydrogens is 194 g/mol. The second-order valence-electron chi connectivity index (χ2n) is 2.29. The van der Waals surface area contributed by atoms with Crippen molar-refractivity contribution in [3.8, 4) is 5.75 Å². The Morgan fingerprint density at radius 3 is 2.69 bits per heavy atom. The molecule has 0 amide bonds. The molecule has 1 N–H and O–H groups in total. The normalized spacial score (nSPS) is 8.77. The number of halogens is 1. The Kier molecular flexibility index (Phi) is 4.20. The van der Waals surface area contributed by atoms with Crippen molar-refractivity contribution < 1.29 is 14.6 Å². The molecule has 0 fully saturated rings. The maximum Gasteiger partial charge on any atom is 0.354 e. The van der Waals surface area contributed by atoms with Gasteiger partial charge in [0.1, 0.15) is 5.75 Å². The fourth-order valence-corrected chi connectivity index (χ4v) is 0.955. The Bertz CT molecular complexity index is 314. The van der Waals surface area contributed by atoms with Crippen LogP contribution in [0, 0.1) is 6.92 Å². The highest BCUT2D eigenvalue weighted by Gasteiger charge is 2.11. The van der Waals surface area contributed by atoms with Crippen molar-refractivity contribution in [3.63, 3.8) is 0 Å². The molecule has 0 aliphatic carbocycles. The second kappa shape index (κ2) is 4.67. The van der Waals surface area contributed by atoms with Gasteiger partial charge in [0, 0.05) is 11.8 Å². The number of carbonyl (C=O) groups is 1. The van der Waals surface area contributed by atoms with E-state index in [1.54, 1.807) is 13.0 Å². The molecule has 1 rings (SSSR count). The third-order valence-corrected chi connectivity index (χ3v) is 1.58. The van der Waals surface area contributed by atoms with Gasteiger partial charge in [-0.1, -0.05) is 0 Å². The molecule has 13 heavy (non-hydrogen) atoms. The van der Waals surface area contributed by atoms with Crippen molar-refractivity contribution in [1.29, 1.82) is 0 Å². The van der Waals surface area contributed by atoms with Gasteiger partial charge < -0.3 is 9.84 Å². The molecule has 5 heteroatoms. The van der Waals surface area contributed by atoms with Gasteiger partial charge in [0.2, 0.25) is 0 Å². The number of nitrogens with zero attached hydrogens (tertiary/aromatic N) is 1. The average Bonchev–Trinajstić information content (AvgIpc) is 2.04. The number of carboxylic acids is 1. The van der Waals surface area contributed by atoms with E-state index in [1.165, 1.54) is 13.3 Å². The molecule has 0 spiro atoms. The number of rotatable bonds is 2. The Morgan fingerprint density at radius 2 is 2.23 bits per heavy atom. The zero-order chi connectivity index (χ0) is 9.14. The van der Waals surface area contributed by atoms with Crippen LogP contribution in [-0.2, 0) is 0 Å². The van der Waals surface area contributed by atoms with Gasteiger partial charge >= 0.3 is 5.97 Å². The summed E-state index contributed by atoms with van der Waals surface area (Å²) in [5.74, 6) is -0.492. The molecule has 0 atom stereocenters. The van der Waals surface area contributed by atoms with Crippen molar-refractivity contribution in [2.75, 3.05) is 7.11 Å². The van der Waals surface area contributed by atoms with Gasteiger partial charge in [-0.15, -0.1) is 12.4 Å². The molecule has 0 aliphatic heterocycles. The molecule has 1 aromatic rings. The summed E-state index contributed by atoms with van der Waals surface area (Å²) in [4.78, 5) is 14.3. The van der Waals surface area contributed by atoms with Crippen LogP contribution in [0.4, 0.5) is 0 Å². The zero-order valence-corrected chi connectivity index (χ0v) is 8.09. The molecule has 4 nitrogen and oxygen atoms in total. The SMILES string of the molecule is COc1ccnc(C(=O)O)c1C.Cl. The average molecular weight is 204 g/mol. The van der Waals surface area contributed by atoms with Crippen LogP contribution < -0.4 is 4.74 Å². The number of methoxy groups -OCH3 is 1.